The van der Waals surface area contributed by atoms with Crippen molar-refractivity contribution in [3.63, 3.8) is 0 Å². The van der Waals surface area contributed by atoms with Gasteiger partial charge < -0.3 is 15.0 Å². The van der Waals surface area contributed by atoms with E-state index in [1.54, 1.807) is 6.08 Å². The number of carbonyl (C=O) groups is 1. The SMILES string of the molecule is CCN1/C(=C\C=C(\C#N)C(=O)NC)OCC1(C)C. The van der Waals surface area contributed by atoms with Crippen LogP contribution in [0.3, 0.4) is 0 Å². The Labute approximate surface area is 108 Å². The Morgan fingerprint density at radius 2 is 2.33 bits per heavy atom. The van der Waals surface area contributed by atoms with Crippen LogP contribution in [0.25, 0.3) is 0 Å². The zero-order chi connectivity index (χ0) is 13.8. The number of rotatable bonds is 3. The Bertz CT molecular complexity index is 430. The van der Waals surface area contributed by atoms with Gasteiger partial charge in [-0.2, -0.15) is 5.26 Å². The van der Waals surface area contributed by atoms with E-state index in [0.29, 0.717) is 12.5 Å². The van der Waals surface area contributed by atoms with Gasteiger partial charge in [0.25, 0.3) is 5.91 Å². The molecular formula is C13H19N3O2. The van der Waals surface area contributed by atoms with Crippen molar-refractivity contribution in [2.45, 2.75) is 26.3 Å². The van der Waals surface area contributed by atoms with Gasteiger partial charge in [-0.3, -0.25) is 4.79 Å². The normalized spacial score (nSPS) is 20.5. The molecule has 0 unspecified atom stereocenters. The summed E-state index contributed by atoms with van der Waals surface area (Å²) in [6.07, 6.45) is 3.16. The highest BCUT2D eigenvalue weighted by Gasteiger charge is 2.35. The van der Waals surface area contributed by atoms with Crippen molar-refractivity contribution in [3.05, 3.63) is 23.6 Å². The highest BCUT2D eigenvalue weighted by atomic mass is 16.5. The molecule has 1 amide bonds. The lowest BCUT2D eigenvalue weighted by molar-refractivity contribution is -0.116. The Morgan fingerprint density at radius 3 is 2.83 bits per heavy atom. The van der Waals surface area contributed by atoms with Crippen molar-refractivity contribution in [1.82, 2.24) is 10.2 Å². The second-order valence-electron chi connectivity index (χ2n) is 4.62. The molecule has 0 atom stereocenters. The molecule has 0 aromatic heterocycles. The summed E-state index contributed by atoms with van der Waals surface area (Å²) in [6.45, 7) is 7.63. The van der Waals surface area contributed by atoms with Gasteiger partial charge in [0.1, 0.15) is 18.2 Å². The third kappa shape index (κ3) is 2.83. The van der Waals surface area contributed by atoms with Crippen LogP contribution in [0.15, 0.2) is 23.6 Å². The van der Waals surface area contributed by atoms with E-state index in [2.05, 4.69) is 24.1 Å². The number of nitriles is 1. The molecule has 1 aliphatic rings. The standard InChI is InChI=1S/C13H19N3O2/c1-5-16-11(18-9-13(16,2)3)7-6-10(8-14)12(17)15-4/h6-7H,5,9H2,1-4H3,(H,15,17)/b10-6-,11-7+. The van der Waals surface area contributed by atoms with Gasteiger partial charge in [0.15, 0.2) is 5.88 Å². The summed E-state index contributed by atoms with van der Waals surface area (Å²) in [6, 6.07) is 1.86. The molecule has 0 spiro atoms. The fourth-order valence-corrected chi connectivity index (χ4v) is 1.88. The minimum atomic E-state index is -0.394. The Morgan fingerprint density at radius 1 is 1.67 bits per heavy atom. The summed E-state index contributed by atoms with van der Waals surface area (Å²) in [7, 11) is 1.49. The minimum Gasteiger partial charge on any atom is -0.477 e. The van der Waals surface area contributed by atoms with Crippen molar-refractivity contribution < 1.29 is 9.53 Å². The zero-order valence-corrected chi connectivity index (χ0v) is 11.3. The quantitative estimate of drug-likeness (QED) is 0.602. The highest BCUT2D eigenvalue weighted by Crippen LogP contribution is 2.28. The number of nitrogens with one attached hydrogen (secondary N) is 1. The van der Waals surface area contributed by atoms with Crippen LogP contribution in [-0.2, 0) is 9.53 Å². The molecule has 0 aliphatic carbocycles. The van der Waals surface area contributed by atoms with Gasteiger partial charge in [-0.1, -0.05) is 0 Å². The van der Waals surface area contributed by atoms with E-state index in [4.69, 9.17) is 10.00 Å². The average Bonchev–Trinajstić information content (AvgIpc) is 2.64. The molecule has 1 rings (SSSR count). The highest BCUT2D eigenvalue weighted by molar-refractivity contribution is 5.97. The van der Waals surface area contributed by atoms with Crippen LogP contribution in [0.4, 0.5) is 0 Å². The van der Waals surface area contributed by atoms with Crippen molar-refractivity contribution >= 4 is 5.91 Å². The van der Waals surface area contributed by atoms with Crippen LogP contribution >= 0.6 is 0 Å². The molecular weight excluding hydrogens is 230 g/mol. The van der Waals surface area contributed by atoms with Gasteiger partial charge in [-0.15, -0.1) is 0 Å². The Kier molecular flexibility index (Phi) is 4.38. The molecule has 0 bridgehead atoms. The van der Waals surface area contributed by atoms with Crippen LogP contribution in [0.2, 0.25) is 0 Å². The fourth-order valence-electron chi connectivity index (χ4n) is 1.88. The van der Waals surface area contributed by atoms with Crippen LogP contribution in [-0.4, -0.2) is 36.5 Å². The molecule has 5 nitrogen and oxygen atoms in total. The second-order valence-corrected chi connectivity index (χ2v) is 4.62. The van der Waals surface area contributed by atoms with Gasteiger partial charge in [-0.05, 0) is 32.9 Å². The predicted molar refractivity (Wildman–Crippen MR) is 68.3 cm³/mol. The van der Waals surface area contributed by atoms with Crippen LogP contribution < -0.4 is 5.32 Å². The maximum absolute atomic E-state index is 11.3. The number of allylic oxidation sites excluding steroid dienone is 2. The first-order valence-electron chi connectivity index (χ1n) is 5.91. The summed E-state index contributed by atoms with van der Waals surface area (Å²) in [4.78, 5) is 13.4. The second kappa shape index (κ2) is 5.58. The predicted octanol–water partition coefficient (Wildman–Crippen LogP) is 1.15. The maximum atomic E-state index is 11.3. The van der Waals surface area contributed by atoms with Crippen LogP contribution in [0, 0.1) is 11.3 Å². The van der Waals surface area contributed by atoms with Gasteiger partial charge in [0.05, 0.1) is 5.54 Å². The maximum Gasteiger partial charge on any atom is 0.261 e. The van der Waals surface area contributed by atoms with Gasteiger partial charge in [0, 0.05) is 13.6 Å². The molecule has 0 aromatic carbocycles. The first-order chi connectivity index (χ1) is 8.46. The molecule has 1 saturated heterocycles. The van der Waals surface area contributed by atoms with Gasteiger partial charge in [-0.25, -0.2) is 0 Å². The zero-order valence-electron chi connectivity index (χ0n) is 11.3. The number of hydrogen-bond acceptors (Lipinski definition) is 4. The minimum absolute atomic E-state index is 0.0613. The van der Waals surface area contributed by atoms with Crippen molar-refractivity contribution in [2.24, 2.45) is 0 Å². The number of hydrogen-bond donors (Lipinski definition) is 1. The smallest absolute Gasteiger partial charge is 0.261 e. The number of nitrogens with zero attached hydrogens (tertiary/aromatic N) is 2. The van der Waals surface area contributed by atoms with Gasteiger partial charge in [0.2, 0.25) is 0 Å². The molecule has 0 aromatic rings. The summed E-state index contributed by atoms with van der Waals surface area (Å²) >= 11 is 0. The Balaban J connectivity index is 2.95. The fraction of sp³-hybridized carbons (Fsp3) is 0.538. The van der Waals surface area contributed by atoms with E-state index in [1.807, 2.05) is 13.0 Å². The van der Waals surface area contributed by atoms with Crippen molar-refractivity contribution in [1.29, 1.82) is 5.26 Å². The van der Waals surface area contributed by atoms with E-state index in [-0.39, 0.29) is 11.1 Å². The molecule has 1 fully saturated rings. The molecule has 1 heterocycles. The lowest BCUT2D eigenvalue weighted by Crippen LogP contribution is -2.39. The van der Waals surface area contributed by atoms with Gasteiger partial charge >= 0.3 is 0 Å². The molecule has 0 saturated carbocycles. The molecule has 5 heteroatoms. The molecule has 0 radical (unpaired) electrons. The van der Waals surface area contributed by atoms with Crippen molar-refractivity contribution in [2.75, 3.05) is 20.2 Å². The van der Waals surface area contributed by atoms with Crippen LogP contribution in [0.1, 0.15) is 20.8 Å². The van der Waals surface area contributed by atoms with E-state index >= 15 is 0 Å². The van der Waals surface area contributed by atoms with E-state index in [1.165, 1.54) is 13.1 Å². The number of amides is 1. The van der Waals surface area contributed by atoms with Crippen molar-refractivity contribution in [3.8, 4) is 6.07 Å². The molecule has 1 N–H and O–H groups in total. The summed E-state index contributed by atoms with van der Waals surface area (Å²) in [5.74, 6) is 0.300. The third-order valence-electron chi connectivity index (χ3n) is 2.87. The van der Waals surface area contributed by atoms with E-state index in [9.17, 15) is 4.79 Å². The van der Waals surface area contributed by atoms with E-state index < -0.39 is 5.91 Å². The largest absolute Gasteiger partial charge is 0.477 e. The lowest BCUT2D eigenvalue weighted by atomic mass is 10.1. The first kappa shape index (κ1) is 14.1. The number of likely N-dealkylation sites (N-methyl/N-ethyl adjacent to an activating group) is 2. The number of ether oxygens (including phenoxy) is 1. The average molecular weight is 249 g/mol. The van der Waals surface area contributed by atoms with E-state index in [0.717, 1.165) is 6.54 Å². The molecule has 1 aliphatic heterocycles. The summed E-state index contributed by atoms with van der Waals surface area (Å²) in [5.41, 5.74) is 0.00296. The first-order valence-corrected chi connectivity index (χ1v) is 5.91. The molecule has 98 valence electrons. The number of carbonyl (C=O) groups excluding carboxylic acids is 1. The Hall–Kier alpha value is -1.96. The summed E-state index contributed by atoms with van der Waals surface area (Å²) in [5, 5.41) is 11.3. The molecule has 18 heavy (non-hydrogen) atoms. The topological polar surface area (TPSA) is 65.4 Å². The monoisotopic (exact) mass is 249 g/mol. The van der Waals surface area contributed by atoms with Crippen LogP contribution in [0.5, 0.6) is 0 Å². The summed E-state index contributed by atoms with van der Waals surface area (Å²) < 4.78 is 5.58. The lowest BCUT2D eigenvalue weighted by Gasteiger charge is -2.28. The third-order valence-corrected chi connectivity index (χ3v) is 2.87.